The van der Waals surface area contributed by atoms with Crippen LogP contribution in [0.4, 0.5) is 0 Å². The number of ether oxygens (including phenoxy) is 3. The molecule has 0 aliphatic carbocycles. The van der Waals surface area contributed by atoms with Crippen molar-refractivity contribution in [2.24, 2.45) is 0 Å². The van der Waals surface area contributed by atoms with E-state index in [2.05, 4.69) is 15.9 Å². The van der Waals surface area contributed by atoms with Crippen LogP contribution in [-0.2, 0) is 10.1 Å². The first-order valence-corrected chi connectivity index (χ1v) is 7.43. The van der Waals surface area contributed by atoms with E-state index < -0.39 is 0 Å². The monoisotopic (exact) mass is 314 g/mol. The molecule has 0 aromatic heterocycles. The summed E-state index contributed by atoms with van der Waals surface area (Å²) in [6.07, 6.45) is 3.70. The van der Waals surface area contributed by atoms with E-state index in [0.29, 0.717) is 12.7 Å². The lowest BCUT2D eigenvalue weighted by atomic mass is 10.2. The van der Waals surface area contributed by atoms with Gasteiger partial charge in [0.15, 0.2) is 0 Å². The minimum absolute atomic E-state index is 0.385. The molecule has 1 heterocycles. The van der Waals surface area contributed by atoms with Crippen molar-refractivity contribution in [3.05, 3.63) is 23.8 Å². The number of methoxy groups -OCH3 is 1. The maximum atomic E-state index is 5.82. The van der Waals surface area contributed by atoms with Gasteiger partial charge in [-0.2, -0.15) is 0 Å². The number of hydrogen-bond acceptors (Lipinski definition) is 3. The second kappa shape index (κ2) is 7.00. The Morgan fingerprint density at radius 2 is 2.33 bits per heavy atom. The first-order chi connectivity index (χ1) is 8.83. The maximum absolute atomic E-state index is 5.82. The van der Waals surface area contributed by atoms with E-state index in [4.69, 9.17) is 14.2 Å². The summed E-state index contributed by atoms with van der Waals surface area (Å²) in [7, 11) is 1.67. The molecule has 1 unspecified atom stereocenters. The van der Waals surface area contributed by atoms with E-state index in [9.17, 15) is 0 Å². The standard InChI is InChI=1S/C14H19BrO3/c1-16-13-4-5-14(11(9-13)10-15)18-8-6-12-3-2-7-17-12/h4-5,9,12H,2-3,6-8,10H2,1H3. The van der Waals surface area contributed by atoms with Gasteiger partial charge in [-0.25, -0.2) is 0 Å². The van der Waals surface area contributed by atoms with Crippen LogP contribution < -0.4 is 9.47 Å². The lowest BCUT2D eigenvalue weighted by Crippen LogP contribution is -2.11. The predicted molar refractivity (Wildman–Crippen MR) is 74.7 cm³/mol. The van der Waals surface area contributed by atoms with E-state index in [0.717, 1.165) is 41.8 Å². The van der Waals surface area contributed by atoms with Gasteiger partial charge in [0.2, 0.25) is 0 Å². The second-order valence-electron chi connectivity index (χ2n) is 4.38. The molecule has 0 N–H and O–H groups in total. The van der Waals surface area contributed by atoms with Gasteiger partial charge in [0.05, 0.1) is 19.8 Å². The summed E-state index contributed by atoms with van der Waals surface area (Å²) >= 11 is 3.47. The molecule has 2 rings (SSSR count). The van der Waals surface area contributed by atoms with Gasteiger partial charge in [-0.1, -0.05) is 15.9 Å². The number of alkyl halides is 1. The largest absolute Gasteiger partial charge is 0.497 e. The average Bonchev–Trinajstić information content (AvgIpc) is 2.92. The minimum atomic E-state index is 0.385. The normalized spacial score (nSPS) is 18.9. The Morgan fingerprint density at radius 3 is 3.00 bits per heavy atom. The van der Waals surface area contributed by atoms with Gasteiger partial charge >= 0.3 is 0 Å². The van der Waals surface area contributed by atoms with Crippen LogP contribution in [0.2, 0.25) is 0 Å². The maximum Gasteiger partial charge on any atom is 0.123 e. The number of rotatable bonds is 6. The molecule has 1 aliphatic heterocycles. The highest BCUT2D eigenvalue weighted by Crippen LogP contribution is 2.26. The molecule has 100 valence electrons. The Balaban J connectivity index is 1.87. The van der Waals surface area contributed by atoms with Gasteiger partial charge in [0.25, 0.3) is 0 Å². The van der Waals surface area contributed by atoms with Gasteiger partial charge in [-0.3, -0.25) is 0 Å². The molecular formula is C14H19BrO3. The van der Waals surface area contributed by atoms with E-state index in [1.807, 2.05) is 18.2 Å². The molecule has 1 atom stereocenters. The molecule has 1 saturated heterocycles. The first-order valence-electron chi connectivity index (χ1n) is 6.30. The van der Waals surface area contributed by atoms with E-state index >= 15 is 0 Å². The lowest BCUT2D eigenvalue weighted by Gasteiger charge is -2.13. The van der Waals surface area contributed by atoms with Crippen molar-refractivity contribution >= 4 is 15.9 Å². The molecule has 1 aromatic rings. The number of benzene rings is 1. The van der Waals surface area contributed by atoms with Crippen molar-refractivity contribution in [2.75, 3.05) is 20.3 Å². The Labute approximate surface area is 117 Å². The molecule has 0 saturated carbocycles. The molecule has 4 heteroatoms. The fourth-order valence-corrected chi connectivity index (χ4v) is 2.54. The Bertz CT molecular complexity index is 375. The summed E-state index contributed by atoms with van der Waals surface area (Å²) in [6, 6.07) is 5.88. The second-order valence-corrected chi connectivity index (χ2v) is 4.94. The molecule has 18 heavy (non-hydrogen) atoms. The summed E-state index contributed by atoms with van der Waals surface area (Å²) in [5, 5.41) is 0.763. The zero-order chi connectivity index (χ0) is 12.8. The highest BCUT2D eigenvalue weighted by molar-refractivity contribution is 9.08. The van der Waals surface area contributed by atoms with E-state index in [-0.39, 0.29) is 0 Å². The van der Waals surface area contributed by atoms with Crippen LogP contribution in [-0.4, -0.2) is 26.4 Å². The van der Waals surface area contributed by atoms with Crippen molar-refractivity contribution in [2.45, 2.75) is 30.7 Å². The summed E-state index contributed by atoms with van der Waals surface area (Å²) in [5.41, 5.74) is 1.11. The van der Waals surface area contributed by atoms with Gasteiger partial charge < -0.3 is 14.2 Å². The fourth-order valence-electron chi connectivity index (χ4n) is 2.10. The van der Waals surface area contributed by atoms with Crippen LogP contribution in [0.5, 0.6) is 11.5 Å². The molecule has 0 radical (unpaired) electrons. The van der Waals surface area contributed by atoms with Gasteiger partial charge in [0, 0.05) is 23.9 Å². The average molecular weight is 315 g/mol. The highest BCUT2D eigenvalue weighted by atomic mass is 79.9. The lowest BCUT2D eigenvalue weighted by molar-refractivity contribution is 0.0902. The van der Waals surface area contributed by atoms with Crippen LogP contribution >= 0.6 is 15.9 Å². The molecule has 1 aromatic carbocycles. The van der Waals surface area contributed by atoms with Crippen LogP contribution in [0.15, 0.2) is 18.2 Å². The topological polar surface area (TPSA) is 27.7 Å². The SMILES string of the molecule is COc1ccc(OCCC2CCCO2)c(CBr)c1. The van der Waals surface area contributed by atoms with Crippen LogP contribution in [0.25, 0.3) is 0 Å². The van der Waals surface area contributed by atoms with E-state index in [1.54, 1.807) is 7.11 Å². The number of hydrogen-bond donors (Lipinski definition) is 0. The molecule has 1 aliphatic rings. The van der Waals surface area contributed by atoms with Crippen molar-refractivity contribution in [3.63, 3.8) is 0 Å². The molecule has 1 fully saturated rings. The third kappa shape index (κ3) is 3.62. The third-order valence-electron chi connectivity index (χ3n) is 3.13. The molecular weight excluding hydrogens is 296 g/mol. The van der Waals surface area contributed by atoms with Crippen LogP contribution in [0.1, 0.15) is 24.8 Å². The van der Waals surface area contributed by atoms with Crippen molar-refractivity contribution in [3.8, 4) is 11.5 Å². The fraction of sp³-hybridized carbons (Fsp3) is 0.571. The Kier molecular flexibility index (Phi) is 5.32. The summed E-state index contributed by atoms with van der Waals surface area (Å²) < 4.78 is 16.6. The molecule has 0 spiro atoms. The summed E-state index contributed by atoms with van der Waals surface area (Å²) in [4.78, 5) is 0. The van der Waals surface area contributed by atoms with Crippen molar-refractivity contribution in [1.82, 2.24) is 0 Å². The van der Waals surface area contributed by atoms with E-state index in [1.165, 1.54) is 6.42 Å². The van der Waals surface area contributed by atoms with Crippen LogP contribution in [0.3, 0.4) is 0 Å². The molecule has 0 bridgehead atoms. The first kappa shape index (κ1) is 13.7. The Morgan fingerprint density at radius 1 is 1.44 bits per heavy atom. The van der Waals surface area contributed by atoms with Crippen LogP contribution in [0, 0.1) is 0 Å². The van der Waals surface area contributed by atoms with Gasteiger partial charge in [0.1, 0.15) is 11.5 Å². The predicted octanol–water partition coefficient (Wildman–Crippen LogP) is 3.54. The summed E-state index contributed by atoms with van der Waals surface area (Å²) in [5.74, 6) is 1.78. The third-order valence-corrected chi connectivity index (χ3v) is 3.74. The zero-order valence-electron chi connectivity index (χ0n) is 10.7. The summed E-state index contributed by atoms with van der Waals surface area (Å²) in [6.45, 7) is 1.61. The Hall–Kier alpha value is -0.740. The quantitative estimate of drug-likeness (QED) is 0.752. The van der Waals surface area contributed by atoms with Crippen molar-refractivity contribution in [1.29, 1.82) is 0 Å². The highest BCUT2D eigenvalue weighted by Gasteiger charge is 2.15. The van der Waals surface area contributed by atoms with Crippen molar-refractivity contribution < 1.29 is 14.2 Å². The number of halogens is 1. The molecule has 3 nitrogen and oxygen atoms in total. The smallest absolute Gasteiger partial charge is 0.123 e. The van der Waals surface area contributed by atoms with Gasteiger partial charge in [-0.15, -0.1) is 0 Å². The minimum Gasteiger partial charge on any atom is -0.497 e. The zero-order valence-corrected chi connectivity index (χ0v) is 12.2. The molecule has 0 amide bonds. The van der Waals surface area contributed by atoms with Gasteiger partial charge in [-0.05, 0) is 31.0 Å².